The van der Waals surface area contributed by atoms with E-state index in [1.165, 1.54) is 14.0 Å². The highest BCUT2D eigenvalue weighted by atomic mass is 16.5. The lowest BCUT2D eigenvalue weighted by Crippen LogP contribution is -2.52. The van der Waals surface area contributed by atoms with Gasteiger partial charge in [-0.1, -0.05) is 0 Å². The van der Waals surface area contributed by atoms with Gasteiger partial charge in [0.05, 0.1) is 13.2 Å². The van der Waals surface area contributed by atoms with Crippen LogP contribution in [0.4, 0.5) is 11.4 Å². The van der Waals surface area contributed by atoms with Gasteiger partial charge in [-0.25, -0.2) is 0 Å². The maximum atomic E-state index is 11.9. The molecule has 1 aliphatic rings. The summed E-state index contributed by atoms with van der Waals surface area (Å²) in [6, 6.07) is 0. The minimum absolute atomic E-state index is 0.00859. The number of nitrogens with one attached hydrogen (secondary N) is 2. The van der Waals surface area contributed by atoms with Crippen LogP contribution < -0.4 is 26.4 Å². The zero-order valence-electron chi connectivity index (χ0n) is 13.9. The molecule has 1 aromatic rings. The van der Waals surface area contributed by atoms with Crippen LogP contribution >= 0.6 is 0 Å². The van der Waals surface area contributed by atoms with Crippen LogP contribution in [0.5, 0.6) is 0 Å². The predicted octanol–water partition coefficient (Wildman–Crippen LogP) is -1.87. The Labute approximate surface area is 139 Å². The summed E-state index contributed by atoms with van der Waals surface area (Å²) in [6.45, 7) is 4.17. The maximum absolute atomic E-state index is 11.9. The number of nitrogens with zero attached hydrogens (tertiary/aromatic N) is 2. The fraction of sp³-hybridized carbons (Fsp3) is 0.600. The minimum Gasteiger partial charge on any atom is -0.383 e. The zero-order chi connectivity index (χ0) is 17.7. The van der Waals surface area contributed by atoms with Gasteiger partial charge < -0.3 is 25.2 Å². The van der Waals surface area contributed by atoms with Crippen LogP contribution in [0.2, 0.25) is 0 Å². The lowest BCUT2D eigenvalue weighted by atomic mass is 10.1. The van der Waals surface area contributed by atoms with Crippen molar-refractivity contribution in [3.8, 4) is 0 Å². The van der Waals surface area contributed by atoms with Gasteiger partial charge >= 0.3 is 0 Å². The monoisotopic (exact) mass is 338 g/mol. The molecule has 9 nitrogen and oxygen atoms in total. The molecule has 132 valence electrons. The van der Waals surface area contributed by atoms with Crippen LogP contribution in [-0.2, 0) is 14.3 Å². The van der Waals surface area contributed by atoms with Crippen LogP contribution in [0.25, 0.3) is 0 Å². The van der Waals surface area contributed by atoms with Crippen LogP contribution in [0.3, 0.4) is 0 Å². The Balaban J connectivity index is 1.93. The third-order valence-corrected chi connectivity index (χ3v) is 3.98. The first-order chi connectivity index (χ1) is 11.5. The topological polar surface area (TPSA) is 108 Å². The van der Waals surface area contributed by atoms with E-state index in [-0.39, 0.29) is 24.0 Å². The van der Waals surface area contributed by atoms with Gasteiger partial charge in [0.15, 0.2) is 0 Å². The van der Waals surface area contributed by atoms with E-state index < -0.39 is 10.9 Å². The van der Waals surface area contributed by atoms with Crippen LogP contribution in [-0.4, -0.2) is 69.7 Å². The van der Waals surface area contributed by atoms with Crippen LogP contribution in [0.15, 0.2) is 9.59 Å². The van der Waals surface area contributed by atoms with Crippen molar-refractivity contribution < 1.29 is 14.3 Å². The number of anilines is 2. The molecule has 1 aromatic carbocycles. The molecule has 0 spiro atoms. The summed E-state index contributed by atoms with van der Waals surface area (Å²) in [5.74, 6) is -0.293. The number of hydrogen-bond donors (Lipinski definition) is 2. The summed E-state index contributed by atoms with van der Waals surface area (Å²) < 4.78 is 4.83. The summed E-state index contributed by atoms with van der Waals surface area (Å²) >= 11 is 0. The van der Waals surface area contributed by atoms with E-state index in [4.69, 9.17) is 4.74 Å². The lowest BCUT2D eigenvalue weighted by molar-refractivity contribution is -0.129. The van der Waals surface area contributed by atoms with Crippen molar-refractivity contribution in [1.82, 2.24) is 10.2 Å². The predicted molar refractivity (Wildman–Crippen MR) is 89.2 cm³/mol. The van der Waals surface area contributed by atoms with E-state index in [0.717, 1.165) is 0 Å². The van der Waals surface area contributed by atoms with Crippen molar-refractivity contribution in [3.63, 3.8) is 0 Å². The molecule has 0 radical (unpaired) electrons. The molecule has 1 heterocycles. The molecule has 1 fully saturated rings. The number of amides is 2. The first-order valence-corrected chi connectivity index (χ1v) is 7.79. The average Bonchev–Trinajstić information content (AvgIpc) is 2.58. The molecule has 0 bridgehead atoms. The van der Waals surface area contributed by atoms with Crippen molar-refractivity contribution >= 4 is 23.2 Å². The third-order valence-electron chi connectivity index (χ3n) is 3.98. The van der Waals surface area contributed by atoms with E-state index in [1.807, 2.05) is 0 Å². The second-order valence-electron chi connectivity index (χ2n) is 5.57. The number of piperazine rings is 1. The van der Waals surface area contributed by atoms with Gasteiger partial charge in [0, 0.05) is 46.8 Å². The lowest BCUT2D eigenvalue weighted by Gasteiger charge is -2.36. The molecule has 0 saturated carbocycles. The average molecular weight is 338 g/mol. The van der Waals surface area contributed by atoms with Gasteiger partial charge in [-0.05, 0) is 0 Å². The van der Waals surface area contributed by atoms with Gasteiger partial charge in [0.25, 0.3) is 10.9 Å². The second-order valence-corrected chi connectivity index (χ2v) is 5.57. The van der Waals surface area contributed by atoms with Crippen LogP contribution in [0, 0.1) is 0 Å². The Kier molecular flexibility index (Phi) is 5.91. The molecule has 0 aliphatic carbocycles. The number of methoxy groups -OCH3 is 1. The van der Waals surface area contributed by atoms with Gasteiger partial charge in [-0.15, -0.1) is 0 Å². The van der Waals surface area contributed by atoms with E-state index in [2.05, 4.69) is 10.6 Å². The number of carbonyl (C=O) groups is 2. The normalized spacial score (nSPS) is 14.8. The Morgan fingerprint density at radius 1 is 1.12 bits per heavy atom. The highest BCUT2D eigenvalue weighted by Crippen LogP contribution is 2.21. The molecule has 1 saturated heterocycles. The number of ether oxygens (including phenoxy) is 1. The number of rotatable bonds is 7. The Morgan fingerprint density at radius 2 is 1.79 bits per heavy atom. The Bertz CT molecular complexity index is 672. The van der Waals surface area contributed by atoms with Crippen molar-refractivity contribution in [2.75, 3.05) is 63.2 Å². The molecule has 0 aromatic heterocycles. The molecule has 2 amide bonds. The highest BCUT2D eigenvalue weighted by molar-refractivity contribution is 5.84. The Hall–Kier alpha value is -2.42. The molecule has 9 heteroatoms. The molecule has 0 atom stereocenters. The molecule has 1 aliphatic heterocycles. The van der Waals surface area contributed by atoms with Crippen molar-refractivity contribution in [2.24, 2.45) is 0 Å². The standard InChI is InChI=1S/C15H22N4O5/c1-10(20)18-4-6-19(7-5-18)13-12(14(22)15(13)23)17-9-11(21)16-3-8-24-2/h17H,3-9H2,1-2H3,(H,16,21). The fourth-order valence-corrected chi connectivity index (χ4v) is 2.61. The molecule has 0 unspecified atom stereocenters. The minimum atomic E-state index is -0.608. The van der Waals surface area contributed by atoms with E-state index in [0.29, 0.717) is 45.0 Å². The smallest absolute Gasteiger partial charge is 0.253 e. The molecular formula is C15H22N4O5. The fourth-order valence-electron chi connectivity index (χ4n) is 2.61. The van der Waals surface area contributed by atoms with E-state index in [9.17, 15) is 19.2 Å². The molecule has 24 heavy (non-hydrogen) atoms. The Morgan fingerprint density at radius 3 is 2.38 bits per heavy atom. The van der Waals surface area contributed by atoms with Crippen molar-refractivity contribution in [3.05, 3.63) is 20.4 Å². The summed E-state index contributed by atoms with van der Waals surface area (Å²) in [6.07, 6.45) is 0. The highest BCUT2D eigenvalue weighted by Gasteiger charge is 2.29. The van der Waals surface area contributed by atoms with Gasteiger partial charge in [0.1, 0.15) is 11.4 Å². The molecule has 2 rings (SSSR count). The zero-order valence-corrected chi connectivity index (χ0v) is 13.9. The molecule has 2 N–H and O–H groups in total. The van der Waals surface area contributed by atoms with Crippen molar-refractivity contribution in [1.29, 1.82) is 0 Å². The van der Waals surface area contributed by atoms with Gasteiger partial charge in [-0.2, -0.15) is 0 Å². The summed E-state index contributed by atoms with van der Waals surface area (Å²) in [7, 11) is 1.53. The summed E-state index contributed by atoms with van der Waals surface area (Å²) in [5.41, 5.74) is -0.664. The van der Waals surface area contributed by atoms with E-state index >= 15 is 0 Å². The van der Waals surface area contributed by atoms with Gasteiger partial charge in [0.2, 0.25) is 11.8 Å². The van der Waals surface area contributed by atoms with E-state index in [1.54, 1.807) is 9.80 Å². The first kappa shape index (κ1) is 17.9. The van der Waals surface area contributed by atoms with Crippen LogP contribution in [0.1, 0.15) is 6.92 Å². The number of hydrogen-bond acceptors (Lipinski definition) is 7. The SMILES string of the molecule is COCCNC(=O)CNc1c(N2CCN(C(C)=O)CC2)c(=O)c1=O. The van der Waals surface area contributed by atoms with Gasteiger partial charge in [-0.3, -0.25) is 19.2 Å². The first-order valence-electron chi connectivity index (χ1n) is 7.79. The second kappa shape index (κ2) is 7.91. The quantitative estimate of drug-likeness (QED) is 0.443. The largest absolute Gasteiger partial charge is 0.383 e. The molecular weight excluding hydrogens is 316 g/mol. The van der Waals surface area contributed by atoms with Crippen molar-refractivity contribution in [2.45, 2.75) is 6.92 Å². The third kappa shape index (κ3) is 3.91. The maximum Gasteiger partial charge on any atom is 0.253 e. The summed E-state index contributed by atoms with van der Waals surface area (Å²) in [5, 5.41) is 5.36. The summed E-state index contributed by atoms with van der Waals surface area (Å²) in [4.78, 5) is 50.1. The number of carbonyl (C=O) groups excluding carboxylic acids is 2.